The van der Waals surface area contributed by atoms with Crippen molar-refractivity contribution < 1.29 is 0 Å². The number of rotatable bonds is 3. The Hall–Kier alpha value is -1.26. The number of hydrogen-bond donors (Lipinski definition) is 0. The second-order valence-electron chi connectivity index (χ2n) is 2.77. The molecule has 0 bridgehead atoms. The minimum absolute atomic E-state index is 1.06. The van der Waals surface area contributed by atoms with E-state index in [1.165, 1.54) is 11.1 Å². The zero-order valence-electron chi connectivity index (χ0n) is 7.51. The molecule has 0 nitrogen and oxygen atoms in total. The van der Waals surface area contributed by atoms with Crippen molar-refractivity contribution in [1.82, 2.24) is 0 Å². The zero-order valence-corrected chi connectivity index (χ0v) is 7.51. The molecule has 1 rings (SSSR count). The van der Waals surface area contributed by atoms with Crippen LogP contribution in [0.15, 0.2) is 42.6 Å². The summed E-state index contributed by atoms with van der Waals surface area (Å²) in [4.78, 5) is 0. The van der Waals surface area contributed by atoms with Crippen molar-refractivity contribution in [3.8, 4) is 0 Å². The standard InChI is InChI=1S/C12H14/c1-3-8-11(4-2)12-9-6-5-7-10-12/h5-7,9-10H,2-3,8H2,1H3. The molecular formula is C12H14. The molecule has 0 unspecified atom stereocenters. The van der Waals surface area contributed by atoms with Gasteiger partial charge in [0.05, 0.1) is 0 Å². The van der Waals surface area contributed by atoms with Crippen LogP contribution in [-0.4, -0.2) is 0 Å². The van der Waals surface area contributed by atoms with Gasteiger partial charge in [-0.1, -0.05) is 50.3 Å². The highest BCUT2D eigenvalue weighted by molar-refractivity contribution is 5.64. The maximum atomic E-state index is 3.69. The highest BCUT2D eigenvalue weighted by Gasteiger charge is 1.96. The molecule has 1 aromatic carbocycles. The maximum absolute atomic E-state index is 3.69. The van der Waals surface area contributed by atoms with Gasteiger partial charge in [-0.3, -0.25) is 0 Å². The van der Waals surface area contributed by atoms with E-state index in [1.54, 1.807) is 0 Å². The van der Waals surface area contributed by atoms with E-state index in [0.717, 1.165) is 12.8 Å². The summed E-state index contributed by atoms with van der Waals surface area (Å²) in [6, 6.07) is 10.3. The van der Waals surface area contributed by atoms with Gasteiger partial charge in [0.2, 0.25) is 0 Å². The summed E-state index contributed by atoms with van der Waals surface area (Å²) in [6.45, 7) is 5.86. The van der Waals surface area contributed by atoms with E-state index in [-0.39, 0.29) is 0 Å². The van der Waals surface area contributed by atoms with E-state index in [4.69, 9.17) is 0 Å². The molecule has 0 atom stereocenters. The number of benzene rings is 1. The van der Waals surface area contributed by atoms with Gasteiger partial charge in [0.15, 0.2) is 0 Å². The summed E-state index contributed by atoms with van der Waals surface area (Å²) in [5.74, 6) is 0. The second kappa shape index (κ2) is 4.58. The lowest BCUT2D eigenvalue weighted by Crippen LogP contribution is -1.81. The molecule has 0 heterocycles. The fourth-order valence-electron chi connectivity index (χ4n) is 1.22. The van der Waals surface area contributed by atoms with Crippen LogP contribution in [0.3, 0.4) is 0 Å². The van der Waals surface area contributed by atoms with Crippen molar-refractivity contribution in [3.63, 3.8) is 0 Å². The molecular weight excluding hydrogens is 144 g/mol. The Morgan fingerprint density at radius 3 is 2.50 bits per heavy atom. The lowest BCUT2D eigenvalue weighted by atomic mass is 10.0. The van der Waals surface area contributed by atoms with Crippen LogP contribution in [0, 0.1) is 0 Å². The normalized spacial score (nSPS) is 9.08. The molecule has 0 N–H and O–H groups in total. The van der Waals surface area contributed by atoms with E-state index in [9.17, 15) is 0 Å². The van der Waals surface area contributed by atoms with Crippen LogP contribution in [0.1, 0.15) is 25.3 Å². The van der Waals surface area contributed by atoms with Crippen molar-refractivity contribution in [3.05, 3.63) is 48.2 Å². The Morgan fingerprint density at radius 2 is 2.00 bits per heavy atom. The Bertz CT molecular complexity index is 276. The molecule has 0 aliphatic rings. The van der Waals surface area contributed by atoms with E-state index in [1.807, 2.05) is 18.2 Å². The monoisotopic (exact) mass is 158 g/mol. The first kappa shape index (κ1) is 8.83. The summed E-state index contributed by atoms with van der Waals surface area (Å²) in [7, 11) is 0. The van der Waals surface area contributed by atoms with Crippen molar-refractivity contribution in [2.24, 2.45) is 0 Å². The fraction of sp³-hybridized carbons (Fsp3) is 0.250. The predicted molar refractivity (Wildman–Crippen MR) is 53.9 cm³/mol. The van der Waals surface area contributed by atoms with Crippen molar-refractivity contribution >= 4 is 5.57 Å². The molecule has 0 amide bonds. The number of allylic oxidation sites excluding steroid dienone is 1. The van der Waals surface area contributed by atoms with Crippen LogP contribution in [0.2, 0.25) is 0 Å². The van der Waals surface area contributed by atoms with Gasteiger partial charge in [0.1, 0.15) is 0 Å². The maximum Gasteiger partial charge on any atom is 0.000570 e. The topological polar surface area (TPSA) is 0 Å². The molecule has 0 aromatic heterocycles. The Balaban J connectivity index is 2.89. The van der Waals surface area contributed by atoms with Gasteiger partial charge in [-0.2, -0.15) is 0 Å². The molecule has 0 heteroatoms. The van der Waals surface area contributed by atoms with E-state index in [2.05, 4.69) is 31.4 Å². The Labute approximate surface area is 74.2 Å². The second-order valence-corrected chi connectivity index (χ2v) is 2.77. The third-order valence-corrected chi connectivity index (χ3v) is 1.84. The first-order valence-corrected chi connectivity index (χ1v) is 4.32. The average molecular weight is 158 g/mol. The van der Waals surface area contributed by atoms with Crippen LogP contribution in [0.4, 0.5) is 0 Å². The number of hydrogen-bond acceptors (Lipinski definition) is 0. The SMILES string of the molecule is C=C=C(CCC)c1ccccc1. The van der Waals surface area contributed by atoms with Crippen LogP contribution >= 0.6 is 0 Å². The predicted octanol–water partition coefficient (Wildman–Crippen LogP) is 3.66. The molecule has 0 saturated carbocycles. The third kappa shape index (κ3) is 2.11. The van der Waals surface area contributed by atoms with Crippen molar-refractivity contribution in [2.75, 3.05) is 0 Å². The fourth-order valence-corrected chi connectivity index (χ4v) is 1.22. The third-order valence-electron chi connectivity index (χ3n) is 1.84. The van der Waals surface area contributed by atoms with Gasteiger partial charge in [-0.05, 0) is 12.0 Å². The van der Waals surface area contributed by atoms with E-state index in [0.29, 0.717) is 0 Å². The summed E-state index contributed by atoms with van der Waals surface area (Å²) >= 11 is 0. The van der Waals surface area contributed by atoms with Gasteiger partial charge in [0, 0.05) is 5.57 Å². The van der Waals surface area contributed by atoms with Gasteiger partial charge in [-0.25, -0.2) is 0 Å². The van der Waals surface area contributed by atoms with E-state index >= 15 is 0 Å². The average Bonchev–Trinajstić information content (AvgIpc) is 2.15. The minimum atomic E-state index is 1.06. The molecule has 0 aliphatic carbocycles. The molecule has 12 heavy (non-hydrogen) atoms. The summed E-state index contributed by atoms with van der Waals surface area (Å²) < 4.78 is 0. The van der Waals surface area contributed by atoms with Gasteiger partial charge < -0.3 is 0 Å². The lowest BCUT2D eigenvalue weighted by molar-refractivity contribution is 0.974. The van der Waals surface area contributed by atoms with Crippen LogP contribution in [0.5, 0.6) is 0 Å². The molecule has 0 aliphatic heterocycles. The van der Waals surface area contributed by atoms with Gasteiger partial charge in [-0.15, -0.1) is 5.73 Å². The molecule has 0 saturated heterocycles. The van der Waals surface area contributed by atoms with Crippen molar-refractivity contribution in [2.45, 2.75) is 19.8 Å². The minimum Gasteiger partial charge on any atom is -0.125 e. The van der Waals surface area contributed by atoms with Crippen molar-refractivity contribution in [1.29, 1.82) is 0 Å². The largest absolute Gasteiger partial charge is 0.125 e. The highest BCUT2D eigenvalue weighted by atomic mass is 14.0. The zero-order chi connectivity index (χ0) is 8.81. The molecule has 0 radical (unpaired) electrons. The Kier molecular flexibility index (Phi) is 3.37. The molecule has 1 aromatic rings. The lowest BCUT2D eigenvalue weighted by Gasteiger charge is -2.01. The van der Waals surface area contributed by atoms with Crippen LogP contribution in [-0.2, 0) is 0 Å². The Morgan fingerprint density at radius 1 is 1.33 bits per heavy atom. The smallest absolute Gasteiger partial charge is 0.000570 e. The summed E-state index contributed by atoms with van der Waals surface area (Å²) in [5.41, 5.74) is 5.45. The summed E-state index contributed by atoms with van der Waals surface area (Å²) in [5, 5.41) is 0. The van der Waals surface area contributed by atoms with Gasteiger partial charge >= 0.3 is 0 Å². The highest BCUT2D eigenvalue weighted by Crippen LogP contribution is 2.17. The first-order valence-electron chi connectivity index (χ1n) is 4.32. The van der Waals surface area contributed by atoms with Crippen LogP contribution < -0.4 is 0 Å². The molecule has 0 fully saturated rings. The molecule has 62 valence electrons. The van der Waals surface area contributed by atoms with Crippen LogP contribution in [0.25, 0.3) is 5.57 Å². The quantitative estimate of drug-likeness (QED) is 0.589. The van der Waals surface area contributed by atoms with Gasteiger partial charge in [0.25, 0.3) is 0 Å². The summed E-state index contributed by atoms with van der Waals surface area (Å²) in [6.07, 6.45) is 2.21. The molecule has 0 spiro atoms. The van der Waals surface area contributed by atoms with E-state index < -0.39 is 0 Å². The first-order chi connectivity index (χ1) is 5.88.